The number of pyridine rings is 1. The summed E-state index contributed by atoms with van der Waals surface area (Å²) in [6.45, 7) is 7.48. The summed E-state index contributed by atoms with van der Waals surface area (Å²) in [4.78, 5) is 39.4. The van der Waals surface area contributed by atoms with Crippen LogP contribution in [-0.2, 0) is 11.8 Å². The summed E-state index contributed by atoms with van der Waals surface area (Å²) in [5.41, 5.74) is 2.97. The van der Waals surface area contributed by atoms with Gasteiger partial charge in [-0.2, -0.15) is 15.5 Å². The standard InChI is InChI=1S/C28H32N8O2/c1-5-22-17-35(26-24-23(34(4)28(38)33-26)12-11-21(15-30)32-24)19(3)16-36(22)25(27(37)31-14-6-13-29)20-9-7-18(2)8-10-20/h7-12,19,22,25H,5-6,14,16-17H2,1-4H3,(H,31,37)/t19-,22+,25?/m0/s1. The third-order valence-corrected chi connectivity index (χ3v) is 7.19. The summed E-state index contributed by atoms with van der Waals surface area (Å²) in [7, 11) is 1.64. The van der Waals surface area contributed by atoms with Gasteiger partial charge in [0, 0.05) is 38.8 Å². The van der Waals surface area contributed by atoms with E-state index in [2.05, 4.69) is 44.1 Å². The first-order valence-electron chi connectivity index (χ1n) is 12.8. The van der Waals surface area contributed by atoms with Crippen molar-refractivity contribution in [3.8, 4) is 12.1 Å². The van der Waals surface area contributed by atoms with E-state index in [-0.39, 0.29) is 30.1 Å². The molecular weight excluding hydrogens is 480 g/mol. The second-order valence-corrected chi connectivity index (χ2v) is 9.73. The van der Waals surface area contributed by atoms with Crippen LogP contribution in [0.25, 0.3) is 11.0 Å². The first-order valence-corrected chi connectivity index (χ1v) is 12.8. The minimum absolute atomic E-state index is 0.0284. The Labute approximate surface area is 222 Å². The van der Waals surface area contributed by atoms with Crippen molar-refractivity contribution in [3.63, 3.8) is 0 Å². The van der Waals surface area contributed by atoms with Crippen molar-refractivity contribution in [3.05, 3.63) is 63.7 Å². The molecule has 3 heterocycles. The van der Waals surface area contributed by atoms with Gasteiger partial charge in [-0.25, -0.2) is 9.78 Å². The second-order valence-electron chi connectivity index (χ2n) is 9.73. The number of nitriles is 2. The van der Waals surface area contributed by atoms with E-state index in [4.69, 9.17) is 5.26 Å². The monoisotopic (exact) mass is 512 g/mol. The number of carbonyl (C=O) groups is 1. The zero-order chi connectivity index (χ0) is 27.4. The molecule has 0 radical (unpaired) electrons. The van der Waals surface area contributed by atoms with Crippen molar-refractivity contribution in [1.29, 1.82) is 10.5 Å². The molecule has 0 aliphatic carbocycles. The predicted molar refractivity (Wildman–Crippen MR) is 144 cm³/mol. The molecule has 1 fully saturated rings. The first-order chi connectivity index (χ1) is 18.3. The van der Waals surface area contributed by atoms with Gasteiger partial charge < -0.3 is 10.2 Å². The number of amides is 1. The molecule has 3 aromatic rings. The fourth-order valence-electron chi connectivity index (χ4n) is 5.09. The fourth-order valence-corrected chi connectivity index (χ4v) is 5.09. The van der Waals surface area contributed by atoms with Gasteiger partial charge in [0.05, 0.1) is 18.0 Å². The number of hydrogen-bond acceptors (Lipinski definition) is 8. The molecule has 10 heteroatoms. The molecule has 1 aliphatic heterocycles. The Morgan fingerprint density at radius 2 is 1.89 bits per heavy atom. The van der Waals surface area contributed by atoms with Crippen molar-refractivity contribution in [2.45, 2.75) is 51.7 Å². The smallest absolute Gasteiger partial charge is 0.349 e. The van der Waals surface area contributed by atoms with Crippen LogP contribution in [0.2, 0.25) is 0 Å². The third-order valence-electron chi connectivity index (χ3n) is 7.19. The lowest BCUT2D eigenvalue weighted by Gasteiger charge is -2.48. The highest BCUT2D eigenvalue weighted by Gasteiger charge is 2.39. The molecule has 1 N–H and O–H groups in total. The number of aryl methyl sites for hydroxylation is 2. The van der Waals surface area contributed by atoms with Gasteiger partial charge in [0.25, 0.3) is 0 Å². The molecule has 10 nitrogen and oxygen atoms in total. The lowest BCUT2D eigenvalue weighted by atomic mass is 9.96. The zero-order valence-electron chi connectivity index (χ0n) is 22.2. The van der Waals surface area contributed by atoms with Crippen molar-refractivity contribution in [2.24, 2.45) is 7.05 Å². The SMILES string of the molecule is CC[C@@H]1CN(c2nc(=O)n(C)c3ccc(C#N)nc23)[C@@H](C)CN1C(C(=O)NCCC#N)c1ccc(C)cc1. The number of nitrogens with zero attached hydrogens (tertiary/aromatic N) is 7. The van der Waals surface area contributed by atoms with E-state index in [0.29, 0.717) is 36.5 Å². The van der Waals surface area contributed by atoms with Crippen molar-refractivity contribution in [2.75, 3.05) is 24.5 Å². The van der Waals surface area contributed by atoms with Crippen LogP contribution in [0.1, 0.15) is 49.6 Å². The highest BCUT2D eigenvalue weighted by molar-refractivity contribution is 5.87. The van der Waals surface area contributed by atoms with Gasteiger partial charge in [0.1, 0.15) is 23.3 Å². The number of rotatable bonds is 7. The van der Waals surface area contributed by atoms with Crippen LogP contribution in [-0.4, -0.2) is 57.1 Å². The van der Waals surface area contributed by atoms with Gasteiger partial charge in [-0.3, -0.25) is 14.3 Å². The van der Waals surface area contributed by atoms with E-state index in [9.17, 15) is 14.9 Å². The van der Waals surface area contributed by atoms with Crippen LogP contribution >= 0.6 is 0 Å². The maximum absolute atomic E-state index is 13.5. The van der Waals surface area contributed by atoms with Crippen LogP contribution in [0, 0.1) is 29.6 Å². The van der Waals surface area contributed by atoms with Crippen LogP contribution in [0.15, 0.2) is 41.2 Å². The number of nitrogens with one attached hydrogen (secondary N) is 1. The Hall–Kier alpha value is -4.28. The molecule has 0 spiro atoms. The lowest BCUT2D eigenvalue weighted by molar-refractivity contribution is -0.128. The molecule has 1 aromatic carbocycles. The summed E-state index contributed by atoms with van der Waals surface area (Å²) in [5, 5.41) is 21.3. The number of aromatic nitrogens is 3. The highest BCUT2D eigenvalue weighted by Crippen LogP contribution is 2.33. The van der Waals surface area contributed by atoms with Gasteiger partial charge in [0.2, 0.25) is 5.91 Å². The highest BCUT2D eigenvalue weighted by atomic mass is 16.2. The van der Waals surface area contributed by atoms with E-state index in [1.54, 1.807) is 19.2 Å². The maximum atomic E-state index is 13.5. The number of benzene rings is 1. The Morgan fingerprint density at radius 3 is 2.55 bits per heavy atom. The molecule has 1 amide bonds. The van der Waals surface area contributed by atoms with Gasteiger partial charge in [-0.1, -0.05) is 36.8 Å². The van der Waals surface area contributed by atoms with Crippen molar-refractivity contribution >= 4 is 22.8 Å². The van der Waals surface area contributed by atoms with E-state index in [0.717, 1.165) is 17.5 Å². The largest absolute Gasteiger partial charge is 0.353 e. The van der Waals surface area contributed by atoms with Gasteiger partial charge in [-0.05, 0) is 38.0 Å². The maximum Gasteiger partial charge on any atom is 0.349 e. The van der Waals surface area contributed by atoms with E-state index >= 15 is 0 Å². The molecule has 4 rings (SSSR count). The summed E-state index contributed by atoms with van der Waals surface area (Å²) in [5.74, 6) is 0.317. The number of carbonyl (C=O) groups excluding carboxylic acids is 1. The number of piperazine rings is 1. The van der Waals surface area contributed by atoms with Crippen molar-refractivity contribution in [1.82, 2.24) is 24.8 Å². The van der Waals surface area contributed by atoms with Crippen LogP contribution in [0.5, 0.6) is 0 Å². The summed E-state index contributed by atoms with van der Waals surface area (Å²) in [6, 6.07) is 14.8. The molecule has 3 atom stereocenters. The number of hydrogen-bond donors (Lipinski definition) is 1. The molecule has 1 unspecified atom stereocenters. The molecule has 1 saturated heterocycles. The number of fused-ring (bicyclic) bond motifs is 1. The van der Waals surface area contributed by atoms with Gasteiger partial charge >= 0.3 is 5.69 Å². The first kappa shape index (κ1) is 26.8. The normalized spacial score (nSPS) is 18.5. The van der Waals surface area contributed by atoms with E-state index in [1.165, 1.54) is 4.57 Å². The van der Waals surface area contributed by atoms with Crippen LogP contribution in [0.4, 0.5) is 5.82 Å². The molecule has 0 saturated carbocycles. The molecular formula is C28H32N8O2. The number of anilines is 1. The van der Waals surface area contributed by atoms with E-state index < -0.39 is 11.7 Å². The Balaban J connectivity index is 1.74. The summed E-state index contributed by atoms with van der Waals surface area (Å²) >= 11 is 0. The van der Waals surface area contributed by atoms with Crippen LogP contribution < -0.4 is 15.9 Å². The average molecular weight is 513 g/mol. The molecule has 0 bridgehead atoms. The topological polar surface area (TPSA) is 131 Å². The van der Waals surface area contributed by atoms with E-state index in [1.807, 2.05) is 38.1 Å². The quantitative estimate of drug-likeness (QED) is 0.478. The predicted octanol–water partition coefficient (Wildman–Crippen LogP) is 2.57. The second kappa shape index (κ2) is 11.4. The average Bonchev–Trinajstić information content (AvgIpc) is 2.92. The minimum Gasteiger partial charge on any atom is -0.353 e. The van der Waals surface area contributed by atoms with Gasteiger partial charge in [0.15, 0.2) is 5.82 Å². The Kier molecular flexibility index (Phi) is 8.04. The molecule has 2 aromatic heterocycles. The summed E-state index contributed by atoms with van der Waals surface area (Å²) in [6.07, 6.45) is 1.00. The Morgan fingerprint density at radius 1 is 1.16 bits per heavy atom. The molecule has 38 heavy (non-hydrogen) atoms. The Bertz CT molecular complexity index is 1470. The van der Waals surface area contributed by atoms with Crippen molar-refractivity contribution < 1.29 is 4.79 Å². The fraction of sp³-hybridized carbons (Fsp3) is 0.429. The van der Waals surface area contributed by atoms with Crippen LogP contribution in [0.3, 0.4) is 0 Å². The third kappa shape index (κ3) is 5.22. The zero-order valence-corrected chi connectivity index (χ0v) is 22.2. The summed E-state index contributed by atoms with van der Waals surface area (Å²) < 4.78 is 1.43. The lowest BCUT2D eigenvalue weighted by Crippen LogP contribution is -2.60. The molecule has 1 aliphatic rings. The van der Waals surface area contributed by atoms with Gasteiger partial charge in [-0.15, -0.1) is 0 Å². The minimum atomic E-state index is -0.527. The molecule has 196 valence electrons.